The van der Waals surface area contributed by atoms with E-state index in [1.54, 1.807) is 0 Å². The summed E-state index contributed by atoms with van der Waals surface area (Å²) in [4.78, 5) is 9.54. The van der Waals surface area contributed by atoms with Crippen LogP contribution in [-0.2, 0) is 0 Å². The Hall–Kier alpha value is -1.01. The van der Waals surface area contributed by atoms with Gasteiger partial charge in [-0.2, -0.15) is 4.39 Å². The average molecular weight is 264 g/mol. The topological polar surface area (TPSA) is 63.4 Å². The first-order chi connectivity index (χ1) is 6.57. The zero-order chi connectivity index (χ0) is 10.7. The second-order valence-electron chi connectivity index (χ2n) is 2.61. The molecular formula is C8H7BrFNO3. The van der Waals surface area contributed by atoms with Gasteiger partial charge in [0.15, 0.2) is 0 Å². The smallest absolute Gasteiger partial charge is 0.305 e. The van der Waals surface area contributed by atoms with E-state index in [9.17, 15) is 19.6 Å². The molecule has 0 spiro atoms. The molecule has 0 fully saturated rings. The maximum absolute atomic E-state index is 13.3. The number of hydrogen-bond acceptors (Lipinski definition) is 3. The third-order valence-electron chi connectivity index (χ3n) is 1.71. The van der Waals surface area contributed by atoms with Gasteiger partial charge < -0.3 is 5.11 Å². The molecule has 0 heterocycles. The lowest BCUT2D eigenvalue weighted by Crippen LogP contribution is -2.04. The Bertz CT molecular complexity index is 358. The Kier molecular flexibility index (Phi) is 3.54. The zero-order valence-electron chi connectivity index (χ0n) is 6.98. The summed E-state index contributed by atoms with van der Waals surface area (Å²) >= 11 is 2.96. The predicted octanol–water partition coefficient (Wildman–Crippen LogP) is 2.16. The van der Waals surface area contributed by atoms with Crippen LogP contribution in [0.15, 0.2) is 18.2 Å². The van der Waals surface area contributed by atoms with E-state index in [2.05, 4.69) is 15.9 Å². The highest BCUT2D eigenvalue weighted by Gasteiger charge is 2.20. The van der Waals surface area contributed by atoms with Crippen molar-refractivity contribution in [2.75, 3.05) is 5.33 Å². The van der Waals surface area contributed by atoms with Gasteiger partial charge in [-0.3, -0.25) is 10.1 Å². The maximum Gasteiger partial charge on any atom is 0.305 e. The number of benzene rings is 1. The van der Waals surface area contributed by atoms with Gasteiger partial charge in [-0.25, -0.2) is 0 Å². The van der Waals surface area contributed by atoms with Crippen LogP contribution >= 0.6 is 15.9 Å². The van der Waals surface area contributed by atoms with Gasteiger partial charge in [-0.15, -0.1) is 0 Å². The fourth-order valence-corrected chi connectivity index (χ4v) is 1.37. The van der Waals surface area contributed by atoms with E-state index in [-0.39, 0.29) is 10.9 Å². The maximum atomic E-state index is 13.3. The van der Waals surface area contributed by atoms with Crippen molar-refractivity contribution >= 4 is 21.6 Å². The minimum absolute atomic E-state index is 0.0731. The quantitative estimate of drug-likeness (QED) is 0.517. The van der Waals surface area contributed by atoms with Crippen LogP contribution in [0.5, 0.6) is 0 Å². The second-order valence-corrected chi connectivity index (χ2v) is 3.26. The second kappa shape index (κ2) is 4.47. The number of aliphatic hydroxyl groups excluding tert-OH is 1. The van der Waals surface area contributed by atoms with E-state index < -0.39 is 22.5 Å². The van der Waals surface area contributed by atoms with E-state index in [1.807, 2.05) is 0 Å². The SMILES string of the molecule is O=[N+]([O-])c1cccc(C(O)CBr)c1F. The Labute approximate surface area is 87.6 Å². The molecule has 0 aliphatic heterocycles. The highest BCUT2D eigenvalue weighted by Crippen LogP contribution is 2.25. The molecule has 0 amide bonds. The Morgan fingerprint density at radius 1 is 1.64 bits per heavy atom. The van der Waals surface area contributed by atoms with Crippen molar-refractivity contribution in [2.45, 2.75) is 6.10 Å². The highest BCUT2D eigenvalue weighted by molar-refractivity contribution is 9.09. The lowest BCUT2D eigenvalue weighted by atomic mass is 10.1. The summed E-state index contributed by atoms with van der Waals surface area (Å²) < 4.78 is 13.3. The van der Waals surface area contributed by atoms with Crippen LogP contribution in [0.3, 0.4) is 0 Å². The summed E-state index contributed by atoms with van der Waals surface area (Å²) in [6.07, 6.45) is -1.07. The lowest BCUT2D eigenvalue weighted by Gasteiger charge is -2.07. The summed E-state index contributed by atoms with van der Waals surface area (Å²) in [7, 11) is 0. The van der Waals surface area contributed by atoms with Gasteiger partial charge in [-0.1, -0.05) is 28.1 Å². The molecule has 1 N–H and O–H groups in total. The number of aliphatic hydroxyl groups is 1. The number of nitro groups is 1. The number of nitrogens with zero attached hydrogens (tertiary/aromatic N) is 1. The monoisotopic (exact) mass is 263 g/mol. The van der Waals surface area contributed by atoms with E-state index in [1.165, 1.54) is 12.1 Å². The van der Waals surface area contributed by atoms with Crippen LogP contribution in [0.25, 0.3) is 0 Å². The van der Waals surface area contributed by atoms with E-state index in [4.69, 9.17) is 0 Å². The first-order valence-electron chi connectivity index (χ1n) is 3.74. The summed E-state index contributed by atoms with van der Waals surface area (Å²) in [6, 6.07) is 3.70. The molecule has 0 saturated heterocycles. The van der Waals surface area contributed by atoms with Gasteiger partial charge in [0.2, 0.25) is 5.82 Å². The minimum Gasteiger partial charge on any atom is -0.387 e. The standard InChI is InChI=1S/C8H7BrFNO3/c9-4-7(12)5-2-1-3-6(8(5)10)11(13)14/h1-3,7,12H,4H2. The van der Waals surface area contributed by atoms with Gasteiger partial charge in [0.25, 0.3) is 0 Å². The molecule has 1 unspecified atom stereocenters. The van der Waals surface area contributed by atoms with Crippen molar-refractivity contribution in [3.05, 3.63) is 39.7 Å². The number of halogens is 2. The van der Waals surface area contributed by atoms with Crippen LogP contribution in [0.4, 0.5) is 10.1 Å². The Morgan fingerprint density at radius 3 is 2.79 bits per heavy atom. The summed E-state index contributed by atoms with van der Waals surface area (Å²) in [5.74, 6) is -0.982. The summed E-state index contributed by atoms with van der Waals surface area (Å²) in [5, 5.41) is 19.8. The average Bonchev–Trinajstić information content (AvgIpc) is 2.16. The van der Waals surface area contributed by atoms with Gasteiger partial charge in [0.05, 0.1) is 11.0 Å². The number of nitro benzene ring substituents is 1. The number of alkyl halides is 1. The molecule has 0 aliphatic carbocycles. The largest absolute Gasteiger partial charge is 0.387 e. The first kappa shape index (κ1) is 11.1. The summed E-state index contributed by atoms with van der Waals surface area (Å²) in [6.45, 7) is 0. The molecule has 6 heteroatoms. The molecule has 0 aliphatic rings. The van der Waals surface area contributed by atoms with Crippen molar-refractivity contribution in [2.24, 2.45) is 0 Å². The zero-order valence-corrected chi connectivity index (χ0v) is 8.57. The van der Waals surface area contributed by atoms with Crippen molar-refractivity contribution < 1.29 is 14.4 Å². The van der Waals surface area contributed by atoms with Crippen molar-refractivity contribution in [3.63, 3.8) is 0 Å². The third-order valence-corrected chi connectivity index (χ3v) is 2.32. The molecule has 0 radical (unpaired) electrons. The van der Waals surface area contributed by atoms with Crippen LogP contribution in [-0.4, -0.2) is 15.4 Å². The molecule has 0 bridgehead atoms. The molecule has 1 aromatic rings. The fraction of sp³-hybridized carbons (Fsp3) is 0.250. The number of hydrogen-bond donors (Lipinski definition) is 1. The van der Waals surface area contributed by atoms with Crippen molar-refractivity contribution in [1.82, 2.24) is 0 Å². The number of rotatable bonds is 3. The molecule has 1 rings (SSSR count). The third kappa shape index (κ3) is 2.08. The normalized spacial score (nSPS) is 12.5. The molecular weight excluding hydrogens is 257 g/mol. The molecule has 1 atom stereocenters. The van der Waals surface area contributed by atoms with Crippen molar-refractivity contribution in [3.8, 4) is 0 Å². The van der Waals surface area contributed by atoms with E-state index in [0.717, 1.165) is 6.07 Å². The van der Waals surface area contributed by atoms with Crippen LogP contribution in [0, 0.1) is 15.9 Å². The lowest BCUT2D eigenvalue weighted by molar-refractivity contribution is -0.387. The molecule has 14 heavy (non-hydrogen) atoms. The van der Waals surface area contributed by atoms with Crippen molar-refractivity contribution in [1.29, 1.82) is 0 Å². The summed E-state index contributed by atoms with van der Waals surface area (Å²) in [5.41, 5.74) is -0.696. The Morgan fingerprint density at radius 2 is 2.29 bits per heavy atom. The van der Waals surface area contributed by atoms with Crippen LogP contribution in [0.1, 0.15) is 11.7 Å². The predicted molar refractivity (Wildman–Crippen MR) is 51.8 cm³/mol. The van der Waals surface area contributed by atoms with E-state index in [0.29, 0.717) is 0 Å². The van der Waals surface area contributed by atoms with Gasteiger partial charge >= 0.3 is 5.69 Å². The van der Waals surface area contributed by atoms with Crippen LogP contribution in [0.2, 0.25) is 0 Å². The van der Waals surface area contributed by atoms with Gasteiger partial charge in [0, 0.05) is 17.0 Å². The fourth-order valence-electron chi connectivity index (χ4n) is 1.02. The molecule has 4 nitrogen and oxygen atoms in total. The molecule has 0 saturated carbocycles. The Balaban J connectivity index is 3.20. The first-order valence-corrected chi connectivity index (χ1v) is 4.87. The van der Waals surface area contributed by atoms with Crippen LogP contribution < -0.4 is 0 Å². The molecule has 0 aromatic heterocycles. The minimum atomic E-state index is -1.07. The molecule has 76 valence electrons. The van der Waals surface area contributed by atoms with E-state index >= 15 is 0 Å². The highest BCUT2D eigenvalue weighted by atomic mass is 79.9. The molecule has 1 aromatic carbocycles. The van der Waals surface area contributed by atoms with Gasteiger partial charge in [-0.05, 0) is 0 Å². The van der Waals surface area contributed by atoms with Gasteiger partial charge in [0.1, 0.15) is 0 Å².